The number of tetrazole rings is 1. The van der Waals surface area contributed by atoms with Gasteiger partial charge in [0.05, 0.1) is 11.8 Å². The number of Topliss-reactive ketones (excluding diaryl/α,β-unsaturated/α-hetero) is 1. The van der Waals surface area contributed by atoms with Crippen LogP contribution in [0.1, 0.15) is 41.2 Å². The second kappa shape index (κ2) is 5.77. The predicted octanol–water partition coefficient (Wildman–Crippen LogP) is 1.87. The van der Waals surface area contributed by atoms with E-state index in [1.807, 2.05) is 6.07 Å². The SMILES string of the molecule is O=C1CCc2cc(C(=O)CSc3nnnn3C3CC3)ccc2N1. The zero-order valence-corrected chi connectivity index (χ0v) is 13.2. The molecule has 0 bridgehead atoms. The first-order valence-electron chi connectivity index (χ1n) is 7.57. The zero-order valence-electron chi connectivity index (χ0n) is 12.4. The van der Waals surface area contributed by atoms with Crippen LogP contribution in [0.25, 0.3) is 0 Å². The highest BCUT2D eigenvalue weighted by molar-refractivity contribution is 7.99. The van der Waals surface area contributed by atoms with Crippen molar-refractivity contribution in [3.8, 4) is 0 Å². The molecular formula is C15H15N5O2S. The first kappa shape index (κ1) is 14.4. The molecule has 2 aliphatic rings. The van der Waals surface area contributed by atoms with E-state index in [1.165, 1.54) is 11.8 Å². The van der Waals surface area contributed by atoms with E-state index >= 15 is 0 Å². The van der Waals surface area contributed by atoms with Crippen LogP contribution in [0.5, 0.6) is 0 Å². The molecule has 118 valence electrons. The monoisotopic (exact) mass is 329 g/mol. The number of aryl methyl sites for hydroxylation is 1. The molecule has 23 heavy (non-hydrogen) atoms. The number of amides is 1. The van der Waals surface area contributed by atoms with Gasteiger partial charge < -0.3 is 5.32 Å². The van der Waals surface area contributed by atoms with E-state index in [9.17, 15) is 9.59 Å². The third-order valence-corrected chi connectivity index (χ3v) is 4.94. The van der Waals surface area contributed by atoms with E-state index in [-0.39, 0.29) is 11.7 Å². The maximum atomic E-state index is 12.4. The Morgan fingerprint density at radius 3 is 3.04 bits per heavy atom. The van der Waals surface area contributed by atoms with Crippen LogP contribution in [0.3, 0.4) is 0 Å². The van der Waals surface area contributed by atoms with Gasteiger partial charge in [0, 0.05) is 17.7 Å². The van der Waals surface area contributed by atoms with Gasteiger partial charge in [0.15, 0.2) is 5.78 Å². The Morgan fingerprint density at radius 2 is 2.22 bits per heavy atom. The molecule has 7 nitrogen and oxygen atoms in total. The molecule has 1 aliphatic carbocycles. The maximum Gasteiger partial charge on any atom is 0.224 e. The van der Waals surface area contributed by atoms with Crippen LogP contribution >= 0.6 is 11.8 Å². The lowest BCUT2D eigenvalue weighted by molar-refractivity contribution is -0.116. The van der Waals surface area contributed by atoms with Crippen molar-refractivity contribution >= 4 is 29.1 Å². The summed E-state index contributed by atoms with van der Waals surface area (Å²) in [6.45, 7) is 0. The molecule has 0 unspecified atom stereocenters. The van der Waals surface area contributed by atoms with Crippen molar-refractivity contribution in [1.82, 2.24) is 20.2 Å². The summed E-state index contributed by atoms with van der Waals surface area (Å²) in [5.74, 6) is 0.372. The number of carbonyl (C=O) groups is 2. The Kier molecular flexibility index (Phi) is 3.60. The van der Waals surface area contributed by atoms with Crippen LogP contribution in [-0.4, -0.2) is 37.7 Å². The van der Waals surface area contributed by atoms with Gasteiger partial charge in [-0.15, -0.1) is 5.10 Å². The number of carbonyl (C=O) groups excluding carboxylic acids is 2. The molecule has 1 aromatic carbocycles. The van der Waals surface area contributed by atoms with Crippen molar-refractivity contribution in [2.24, 2.45) is 0 Å². The van der Waals surface area contributed by atoms with E-state index < -0.39 is 0 Å². The van der Waals surface area contributed by atoms with Crippen LogP contribution in [0.2, 0.25) is 0 Å². The summed E-state index contributed by atoms with van der Waals surface area (Å²) in [7, 11) is 0. The fourth-order valence-corrected chi connectivity index (χ4v) is 3.44. The smallest absolute Gasteiger partial charge is 0.224 e. The molecule has 1 aromatic heterocycles. The molecule has 2 aromatic rings. The summed E-state index contributed by atoms with van der Waals surface area (Å²) in [5.41, 5.74) is 2.49. The van der Waals surface area contributed by atoms with Gasteiger partial charge in [-0.2, -0.15) is 0 Å². The summed E-state index contributed by atoms with van der Waals surface area (Å²) in [5, 5.41) is 15.2. The van der Waals surface area contributed by atoms with Crippen molar-refractivity contribution in [3.05, 3.63) is 29.3 Å². The molecule has 8 heteroatoms. The number of hydrogen-bond donors (Lipinski definition) is 1. The van der Waals surface area contributed by atoms with Gasteiger partial charge in [-0.25, -0.2) is 4.68 Å². The summed E-state index contributed by atoms with van der Waals surface area (Å²) < 4.78 is 1.81. The lowest BCUT2D eigenvalue weighted by atomic mass is 9.99. The van der Waals surface area contributed by atoms with Gasteiger partial charge >= 0.3 is 0 Å². The lowest BCUT2D eigenvalue weighted by Crippen LogP contribution is -2.19. The van der Waals surface area contributed by atoms with Crippen molar-refractivity contribution in [2.45, 2.75) is 36.9 Å². The molecule has 0 radical (unpaired) electrons. The van der Waals surface area contributed by atoms with E-state index in [4.69, 9.17) is 0 Å². The molecule has 2 heterocycles. The van der Waals surface area contributed by atoms with Crippen LogP contribution in [-0.2, 0) is 11.2 Å². The largest absolute Gasteiger partial charge is 0.326 e. The molecule has 0 spiro atoms. The number of nitrogens with one attached hydrogen (secondary N) is 1. The minimum Gasteiger partial charge on any atom is -0.326 e. The Morgan fingerprint density at radius 1 is 1.35 bits per heavy atom. The average Bonchev–Trinajstić information content (AvgIpc) is 3.30. The highest BCUT2D eigenvalue weighted by Gasteiger charge is 2.28. The number of aromatic nitrogens is 4. The number of anilines is 1. The lowest BCUT2D eigenvalue weighted by Gasteiger charge is -2.17. The van der Waals surface area contributed by atoms with Gasteiger partial charge in [0.25, 0.3) is 0 Å². The molecule has 1 amide bonds. The fourth-order valence-electron chi connectivity index (χ4n) is 2.60. The summed E-state index contributed by atoms with van der Waals surface area (Å²) in [4.78, 5) is 23.8. The number of rotatable bonds is 5. The van der Waals surface area contributed by atoms with Gasteiger partial charge in [0.1, 0.15) is 0 Å². The predicted molar refractivity (Wildman–Crippen MR) is 84.5 cm³/mol. The third-order valence-electron chi connectivity index (χ3n) is 4.01. The van der Waals surface area contributed by atoms with Gasteiger partial charge in [-0.05, 0) is 53.5 Å². The molecule has 0 atom stereocenters. The van der Waals surface area contributed by atoms with E-state index in [2.05, 4.69) is 20.8 Å². The number of fused-ring (bicyclic) bond motifs is 1. The number of nitrogens with zero attached hydrogens (tertiary/aromatic N) is 4. The normalized spacial score (nSPS) is 16.8. The van der Waals surface area contributed by atoms with E-state index in [1.54, 1.807) is 16.8 Å². The maximum absolute atomic E-state index is 12.4. The standard InChI is InChI=1S/C15H15N5O2S/c21-13(8-23-15-17-18-19-20(15)11-3-4-11)10-1-5-12-9(7-10)2-6-14(22)16-12/h1,5,7,11H,2-4,6,8H2,(H,16,22). The number of benzene rings is 1. The van der Waals surface area contributed by atoms with Crippen LogP contribution in [0, 0.1) is 0 Å². The van der Waals surface area contributed by atoms with Crippen LogP contribution < -0.4 is 5.32 Å². The molecule has 1 fully saturated rings. The van der Waals surface area contributed by atoms with Crippen LogP contribution in [0.4, 0.5) is 5.69 Å². The minimum atomic E-state index is 0.0269. The minimum absolute atomic E-state index is 0.0269. The highest BCUT2D eigenvalue weighted by Crippen LogP contribution is 2.36. The fraction of sp³-hybridized carbons (Fsp3) is 0.400. The number of hydrogen-bond acceptors (Lipinski definition) is 6. The Bertz CT molecular complexity index is 784. The average molecular weight is 329 g/mol. The molecular weight excluding hydrogens is 314 g/mol. The summed E-state index contributed by atoms with van der Waals surface area (Å²) in [6.07, 6.45) is 3.34. The Labute approximate surface area is 136 Å². The number of thioether (sulfide) groups is 1. The van der Waals surface area contributed by atoms with Crippen molar-refractivity contribution in [3.63, 3.8) is 0 Å². The van der Waals surface area contributed by atoms with Crippen molar-refractivity contribution in [2.75, 3.05) is 11.1 Å². The molecule has 0 saturated heterocycles. The Hall–Kier alpha value is -2.22. The summed E-state index contributed by atoms with van der Waals surface area (Å²) in [6, 6.07) is 5.84. The highest BCUT2D eigenvalue weighted by atomic mass is 32.2. The van der Waals surface area contributed by atoms with E-state index in [0.717, 1.165) is 24.1 Å². The first-order valence-corrected chi connectivity index (χ1v) is 8.56. The molecule has 1 aliphatic heterocycles. The molecule has 4 rings (SSSR count). The van der Waals surface area contributed by atoms with Crippen molar-refractivity contribution in [1.29, 1.82) is 0 Å². The van der Waals surface area contributed by atoms with E-state index in [0.29, 0.717) is 35.4 Å². The van der Waals surface area contributed by atoms with Gasteiger partial charge in [-0.3, -0.25) is 9.59 Å². The van der Waals surface area contributed by atoms with Gasteiger partial charge in [0.2, 0.25) is 11.1 Å². The quantitative estimate of drug-likeness (QED) is 0.665. The summed E-state index contributed by atoms with van der Waals surface area (Å²) >= 11 is 1.37. The zero-order chi connectivity index (χ0) is 15.8. The molecule has 1 saturated carbocycles. The second-order valence-electron chi connectivity index (χ2n) is 5.77. The molecule has 1 N–H and O–H groups in total. The van der Waals surface area contributed by atoms with Gasteiger partial charge in [-0.1, -0.05) is 11.8 Å². The Balaban J connectivity index is 1.45. The first-order chi connectivity index (χ1) is 11.2. The topological polar surface area (TPSA) is 89.8 Å². The number of ketones is 1. The third kappa shape index (κ3) is 2.98. The van der Waals surface area contributed by atoms with Crippen LogP contribution in [0.15, 0.2) is 23.4 Å². The second-order valence-corrected chi connectivity index (χ2v) is 6.71. The van der Waals surface area contributed by atoms with Crippen molar-refractivity contribution < 1.29 is 9.59 Å².